The van der Waals surface area contributed by atoms with Gasteiger partial charge in [-0.3, -0.25) is 9.69 Å². The first-order valence-corrected chi connectivity index (χ1v) is 5.73. The number of thioether (sulfide) groups is 1. The lowest BCUT2D eigenvalue weighted by Crippen LogP contribution is -2.44. The minimum absolute atomic E-state index is 0.105. The first-order chi connectivity index (χ1) is 6.11. The van der Waals surface area contributed by atoms with Gasteiger partial charge in [-0.15, -0.1) is 0 Å². The Balaban J connectivity index is 2.59. The summed E-state index contributed by atoms with van der Waals surface area (Å²) in [6.45, 7) is 4.96. The van der Waals surface area contributed by atoms with E-state index in [-0.39, 0.29) is 11.8 Å². The van der Waals surface area contributed by atoms with E-state index >= 15 is 0 Å². The van der Waals surface area contributed by atoms with Crippen molar-refractivity contribution in [1.82, 2.24) is 4.90 Å². The monoisotopic (exact) mass is 199 g/mol. The van der Waals surface area contributed by atoms with Crippen molar-refractivity contribution in [3.05, 3.63) is 11.6 Å². The van der Waals surface area contributed by atoms with Crippen molar-refractivity contribution >= 4 is 17.5 Å². The molecule has 1 fully saturated rings. The van der Waals surface area contributed by atoms with Crippen molar-refractivity contribution in [1.29, 1.82) is 0 Å². The Bertz CT molecular complexity index is 221. The summed E-state index contributed by atoms with van der Waals surface area (Å²) < 4.78 is 0. The Morgan fingerprint density at radius 3 is 2.77 bits per heavy atom. The van der Waals surface area contributed by atoms with Crippen LogP contribution in [0.3, 0.4) is 0 Å². The van der Waals surface area contributed by atoms with Gasteiger partial charge in [-0.1, -0.05) is 5.57 Å². The summed E-state index contributed by atoms with van der Waals surface area (Å²) in [5.74, 6) is 2.35. The van der Waals surface area contributed by atoms with Gasteiger partial charge in [0.2, 0.25) is 0 Å². The van der Waals surface area contributed by atoms with E-state index in [0.29, 0.717) is 0 Å². The third-order valence-corrected chi connectivity index (χ3v) is 3.18. The number of rotatable bonds is 2. The van der Waals surface area contributed by atoms with Gasteiger partial charge in [0, 0.05) is 18.1 Å². The largest absolute Gasteiger partial charge is 0.295 e. The maximum absolute atomic E-state index is 11.7. The van der Waals surface area contributed by atoms with E-state index in [1.807, 2.05) is 32.7 Å². The highest BCUT2D eigenvalue weighted by Crippen LogP contribution is 2.15. The molecule has 0 spiro atoms. The number of allylic oxidation sites excluding steroid dienone is 1. The van der Waals surface area contributed by atoms with Gasteiger partial charge < -0.3 is 0 Å². The molecule has 0 N–H and O–H groups in total. The van der Waals surface area contributed by atoms with E-state index in [1.54, 1.807) is 6.08 Å². The zero-order valence-electron chi connectivity index (χ0n) is 8.54. The van der Waals surface area contributed by atoms with Crippen LogP contribution in [-0.4, -0.2) is 41.8 Å². The van der Waals surface area contributed by atoms with Crippen molar-refractivity contribution in [2.45, 2.75) is 19.9 Å². The van der Waals surface area contributed by atoms with Gasteiger partial charge in [-0.05, 0) is 27.0 Å². The topological polar surface area (TPSA) is 20.3 Å². The minimum atomic E-state index is 0.105. The number of hydrogen-bond donors (Lipinski definition) is 0. The lowest BCUT2D eigenvalue weighted by molar-refractivity contribution is -0.118. The predicted octanol–water partition coefficient (Wildman–Crippen LogP) is 1.57. The van der Waals surface area contributed by atoms with Gasteiger partial charge in [0.1, 0.15) is 0 Å². The van der Waals surface area contributed by atoms with Gasteiger partial charge in [0.25, 0.3) is 0 Å². The Labute approximate surface area is 84.4 Å². The number of nitrogens with zero attached hydrogens (tertiary/aromatic N) is 1. The summed E-state index contributed by atoms with van der Waals surface area (Å²) >= 11 is 1.87. The van der Waals surface area contributed by atoms with Crippen LogP contribution in [0.15, 0.2) is 11.6 Å². The van der Waals surface area contributed by atoms with Crippen LogP contribution in [0.2, 0.25) is 0 Å². The fourth-order valence-electron chi connectivity index (χ4n) is 1.37. The van der Waals surface area contributed by atoms with Crippen LogP contribution in [0.1, 0.15) is 13.8 Å². The molecule has 1 saturated heterocycles. The summed E-state index contributed by atoms with van der Waals surface area (Å²) in [4.78, 5) is 13.8. The fourth-order valence-corrected chi connectivity index (χ4v) is 2.59. The zero-order valence-corrected chi connectivity index (χ0v) is 9.36. The van der Waals surface area contributed by atoms with Crippen LogP contribution in [-0.2, 0) is 4.79 Å². The summed E-state index contributed by atoms with van der Waals surface area (Å²) in [5, 5.41) is 0. The molecule has 13 heavy (non-hydrogen) atoms. The molecule has 0 aromatic carbocycles. The van der Waals surface area contributed by atoms with Crippen LogP contribution in [0.25, 0.3) is 0 Å². The highest BCUT2D eigenvalue weighted by atomic mass is 32.2. The fraction of sp³-hybridized carbons (Fsp3) is 0.700. The van der Waals surface area contributed by atoms with Crippen molar-refractivity contribution < 1.29 is 4.79 Å². The van der Waals surface area contributed by atoms with Crippen LogP contribution in [0, 0.1) is 0 Å². The minimum Gasteiger partial charge on any atom is -0.295 e. The Kier molecular flexibility index (Phi) is 4.00. The Morgan fingerprint density at radius 1 is 1.54 bits per heavy atom. The van der Waals surface area contributed by atoms with Gasteiger partial charge >= 0.3 is 0 Å². The number of ketones is 1. The Morgan fingerprint density at radius 2 is 2.23 bits per heavy atom. The second kappa shape index (κ2) is 4.82. The maximum atomic E-state index is 11.7. The van der Waals surface area contributed by atoms with Gasteiger partial charge in [-0.2, -0.15) is 11.8 Å². The normalized spacial score (nSPS) is 24.1. The molecule has 0 radical (unpaired) electrons. The van der Waals surface area contributed by atoms with E-state index in [9.17, 15) is 4.79 Å². The molecule has 1 atom stereocenters. The highest BCUT2D eigenvalue weighted by molar-refractivity contribution is 7.99. The van der Waals surface area contributed by atoms with Gasteiger partial charge in [0.15, 0.2) is 5.78 Å². The van der Waals surface area contributed by atoms with Crippen molar-refractivity contribution in [2.75, 3.05) is 25.1 Å². The molecule has 0 aromatic heterocycles. The van der Waals surface area contributed by atoms with E-state index in [2.05, 4.69) is 4.90 Å². The quantitative estimate of drug-likeness (QED) is 0.630. The third-order valence-electron chi connectivity index (χ3n) is 2.16. The molecule has 0 saturated carbocycles. The molecule has 0 aromatic rings. The molecule has 1 rings (SSSR count). The zero-order chi connectivity index (χ0) is 9.84. The lowest BCUT2D eigenvalue weighted by Gasteiger charge is -2.30. The number of hydrogen-bond acceptors (Lipinski definition) is 3. The summed E-state index contributed by atoms with van der Waals surface area (Å²) in [6, 6.07) is 0.105. The van der Waals surface area contributed by atoms with Crippen LogP contribution in [0.4, 0.5) is 0 Å². The Hall–Kier alpha value is -0.280. The lowest BCUT2D eigenvalue weighted by atomic mass is 10.1. The van der Waals surface area contributed by atoms with E-state index < -0.39 is 0 Å². The maximum Gasteiger partial charge on any atom is 0.173 e. The smallest absolute Gasteiger partial charge is 0.173 e. The average Bonchev–Trinajstić information content (AvgIpc) is 2.03. The number of carbonyl (C=O) groups is 1. The van der Waals surface area contributed by atoms with Gasteiger partial charge in [-0.25, -0.2) is 0 Å². The second-order valence-corrected chi connectivity index (χ2v) is 4.85. The summed E-state index contributed by atoms with van der Waals surface area (Å²) in [6.07, 6.45) is 1.76. The first-order valence-electron chi connectivity index (χ1n) is 4.58. The second-order valence-electron chi connectivity index (χ2n) is 3.70. The van der Waals surface area contributed by atoms with E-state index in [4.69, 9.17) is 0 Å². The number of carbonyl (C=O) groups excluding carboxylic acids is 1. The molecule has 1 unspecified atom stereocenters. The SMILES string of the molecule is CC(C)=CC(=O)C1CSCCN1C. The molecule has 74 valence electrons. The van der Waals surface area contributed by atoms with Crippen LogP contribution >= 0.6 is 11.8 Å². The molecule has 3 heteroatoms. The molecule has 0 amide bonds. The molecule has 1 heterocycles. The molecule has 0 bridgehead atoms. The highest BCUT2D eigenvalue weighted by Gasteiger charge is 2.24. The predicted molar refractivity (Wildman–Crippen MR) is 58.2 cm³/mol. The van der Waals surface area contributed by atoms with Crippen LogP contribution < -0.4 is 0 Å². The summed E-state index contributed by atoms with van der Waals surface area (Å²) in [5.41, 5.74) is 1.09. The van der Waals surface area contributed by atoms with E-state index in [0.717, 1.165) is 23.6 Å². The molecule has 2 nitrogen and oxygen atoms in total. The van der Waals surface area contributed by atoms with Crippen LogP contribution in [0.5, 0.6) is 0 Å². The third kappa shape index (κ3) is 3.16. The summed E-state index contributed by atoms with van der Waals surface area (Å²) in [7, 11) is 2.03. The van der Waals surface area contributed by atoms with E-state index in [1.165, 1.54) is 0 Å². The van der Waals surface area contributed by atoms with Crippen molar-refractivity contribution in [3.63, 3.8) is 0 Å². The molecular formula is C10H17NOS. The molecular weight excluding hydrogens is 182 g/mol. The average molecular weight is 199 g/mol. The van der Waals surface area contributed by atoms with Crippen molar-refractivity contribution in [2.24, 2.45) is 0 Å². The molecule has 1 aliphatic rings. The standard InChI is InChI=1S/C10H17NOS/c1-8(2)6-10(12)9-7-13-5-4-11(9)3/h6,9H,4-5,7H2,1-3H3. The first kappa shape index (κ1) is 10.8. The van der Waals surface area contributed by atoms with Crippen molar-refractivity contribution in [3.8, 4) is 0 Å². The van der Waals surface area contributed by atoms with Gasteiger partial charge in [0.05, 0.1) is 6.04 Å². The number of likely N-dealkylation sites (N-methyl/N-ethyl adjacent to an activating group) is 1. The molecule has 0 aliphatic carbocycles. The molecule has 1 aliphatic heterocycles.